The topological polar surface area (TPSA) is 90.0 Å². The Morgan fingerprint density at radius 1 is 1.07 bits per heavy atom. The number of anilines is 2. The second-order valence-electron chi connectivity index (χ2n) is 11.4. The average Bonchev–Trinajstić information content (AvgIpc) is 3.50. The smallest absolute Gasteiger partial charge is 0.335 e. The normalized spacial score (nSPS) is 27.2. The lowest BCUT2D eigenvalue weighted by Gasteiger charge is -2.43. The van der Waals surface area contributed by atoms with Crippen LogP contribution in [0, 0.1) is 17.7 Å². The van der Waals surface area contributed by atoms with E-state index in [2.05, 4.69) is 10.2 Å². The quantitative estimate of drug-likeness (QED) is 0.384. The fourth-order valence-corrected chi connectivity index (χ4v) is 7.76. The summed E-state index contributed by atoms with van der Waals surface area (Å²) in [5.74, 6) is -3.53. The summed E-state index contributed by atoms with van der Waals surface area (Å²) in [6.45, 7) is 0.855. The van der Waals surface area contributed by atoms with Crippen LogP contribution in [0.15, 0.2) is 60.7 Å². The second kappa shape index (κ2) is 9.54. The predicted molar refractivity (Wildman–Crippen MR) is 153 cm³/mol. The molecule has 3 aromatic carbocycles. The van der Waals surface area contributed by atoms with Gasteiger partial charge in [-0.25, -0.2) is 9.18 Å². The molecule has 0 radical (unpaired) electrons. The summed E-state index contributed by atoms with van der Waals surface area (Å²) in [5.41, 5.74) is 0.782. The Labute approximate surface area is 245 Å². The zero-order chi connectivity index (χ0) is 28.6. The van der Waals surface area contributed by atoms with Gasteiger partial charge >= 0.3 is 5.97 Å². The van der Waals surface area contributed by atoms with Crippen molar-refractivity contribution in [2.75, 3.05) is 23.3 Å². The van der Waals surface area contributed by atoms with Gasteiger partial charge in [-0.3, -0.25) is 14.5 Å². The molecule has 0 unspecified atom stereocenters. The van der Waals surface area contributed by atoms with Crippen molar-refractivity contribution in [1.29, 1.82) is 0 Å². The number of hydrogen-bond acceptors (Lipinski definition) is 4. The number of carboxylic acids is 1. The molecule has 3 heterocycles. The molecule has 4 atom stereocenters. The zero-order valence-corrected chi connectivity index (χ0v) is 23.3. The van der Waals surface area contributed by atoms with Crippen LogP contribution in [0.1, 0.15) is 46.7 Å². The Kier molecular flexibility index (Phi) is 6.15. The molecule has 1 saturated carbocycles. The Bertz CT molecular complexity index is 1610. The number of carbonyl (C=O) groups is 3. The summed E-state index contributed by atoms with van der Waals surface area (Å²) >= 11 is 12.6. The van der Waals surface area contributed by atoms with Crippen molar-refractivity contribution in [2.45, 2.75) is 36.8 Å². The highest BCUT2D eigenvalue weighted by atomic mass is 35.5. The van der Waals surface area contributed by atoms with Crippen molar-refractivity contribution in [1.82, 2.24) is 4.90 Å². The first-order valence-corrected chi connectivity index (χ1v) is 14.4. The molecule has 2 N–H and O–H groups in total. The van der Waals surface area contributed by atoms with Crippen LogP contribution in [0.5, 0.6) is 0 Å². The van der Waals surface area contributed by atoms with Gasteiger partial charge in [0, 0.05) is 47.0 Å². The molecular formula is C31H26Cl2FN3O4. The Morgan fingerprint density at radius 3 is 2.51 bits per heavy atom. The van der Waals surface area contributed by atoms with E-state index in [1.165, 1.54) is 18.2 Å². The highest BCUT2D eigenvalue weighted by Crippen LogP contribution is 2.62. The van der Waals surface area contributed by atoms with Gasteiger partial charge in [-0.2, -0.15) is 0 Å². The number of hydrogen-bond donors (Lipinski definition) is 2. The van der Waals surface area contributed by atoms with Gasteiger partial charge in [0.2, 0.25) is 11.8 Å². The number of nitrogens with zero attached hydrogens (tertiary/aromatic N) is 2. The minimum absolute atomic E-state index is 0.0760. The van der Waals surface area contributed by atoms with Crippen molar-refractivity contribution >= 4 is 52.4 Å². The maximum atomic E-state index is 16.0. The van der Waals surface area contributed by atoms with E-state index in [1.807, 2.05) is 6.07 Å². The van der Waals surface area contributed by atoms with Crippen LogP contribution < -0.4 is 10.2 Å². The number of benzene rings is 3. The number of carboxylic acid groups (broad SMARTS) is 1. The highest BCUT2D eigenvalue weighted by molar-refractivity contribution is 6.31. The highest BCUT2D eigenvalue weighted by Gasteiger charge is 2.71. The Balaban J connectivity index is 1.43. The van der Waals surface area contributed by atoms with Crippen LogP contribution in [-0.4, -0.2) is 46.9 Å². The van der Waals surface area contributed by atoms with Crippen molar-refractivity contribution in [3.63, 3.8) is 0 Å². The summed E-state index contributed by atoms with van der Waals surface area (Å²) in [4.78, 5) is 43.9. The number of fused-ring (bicyclic) bond motifs is 3. The fourth-order valence-electron chi connectivity index (χ4n) is 7.41. The van der Waals surface area contributed by atoms with E-state index in [1.54, 1.807) is 41.3 Å². The van der Waals surface area contributed by atoms with Gasteiger partial charge in [0.05, 0.1) is 16.5 Å². The van der Waals surface area contributed by atoms with Gasteiger partial charge in [0.1, 0.15) is 11.4 Å². The van der Waals surface area contributed by atoms with Crippen LogP contribution in [0.2, 0.25) is 10.0 Å². The fraction of sp³-hybridized carbons (Fsp3) is 0.323. The molecule has 0 aromatic heterocycles. The minimum atomic E-state index is -1.34. The average molecular weight is 594 g/mol. The third-order valence-electron chi connectivity index (χ3n) is 9.41. The van der Waals surface area contributed by atoms with Crippen molar-refractivity contribution in [2.24, 2.45) is 11.8 Å². The number of halogens is 3. The predicted octanol–water partition coefficient (Wildman–Crippen LogP) is 5.91. The monoisotopic (exact) mass is 593 g/mol. The summed E-state index contributed by atoms with van der Waals surface area (Å²) in [5, 5.41) is 12.7. The van der Waals surface area contributed by atoms with Gasteiger partial charge in [0.25, 0.3) is 0 Å². The van der Waals surface area contributed by atoms with Crippen molar-refractivity contribution in [3.8, 4) is 0 Å². The summed E-state index contributed by atoms with van der Waals surface area (Å²) in [6.07, 6.45) is 3.14. The number of amides is 2. The molecule has 3 fully saturated rings. The van der Waals surface area contributed by atoms with Gasteiger partial charge in [-0.15, -0.1) is 0 Å². The number of likely N-dealkylation sites (tertiary alicyclic amines) is 1. The van der Waals surface area contributed by atoms with Crippen LogP contribution >= 0.6 is 23.2 Å². The third-order valence-corrected chi connectivity index (χ3v) is 9.93. The van der Waals surface area contributed by atoms with E-state index in [0.29, 0.717) is 34.4 Å². The molecule has 41 heavy (non-hydrogen) atoms. The van der Waals surface area contributed by atoms with Gasteiger partial charge in [-0.1, -0.05) is 47.8 Å². The van der Waals surface area contributed by atoms with Gasteiger partial charge in [0.15, 0.2) is 0 Å². The molecule has 2 amide bonds. The lowest BCUT2D eigenvalue weighted by Crippen LogP contribution is -2.55. The van der Waals surface area contributed by atoms with E-state index >= 15 is 4.39 Å². The molecule has 210 valence electrons. The standard InChI is InChI=1S/C31H26Cl2FN3O4/c32-18-9-12-21-23(13-18)35-30(41)31(21)26(20-5-2-6-22(33)27(20)34)25-24(37(31)14-16-3-1-4-16)15-36(28(25)38)19-10-7-17(8-11-19)29(39)40/h2,5-13,16,24-26H,1,3-4,14-15H2,(H,35,41)(H,39,40)/t24-,25+,26-,31+/m1/s1. The maximum Gasteiger partial charge on any atom is 0.335 e. The second-order valence-corrected chi connectivity index (χ2v) is 12.2. The van der Waals surface area contributed by atoms with Crippen LogP contribution in [0.4, 0.5) is 15.8 Å². The molecule has 2 saturated heterocycles. The SMILES string of the molecule is O=C(O)c1ccc(N2C[C@@H]3[C@H](C2=O)[C@@H](c2cccc(Cl)c2F)[C@@]2(C(=O)Nc4cc(Cl)ccc42)N3CC2CCC2)cc1. The zero-order valence-electron chi connectivity index (χ0n) is 21.8. The van der Waals surface area contributed by atoms with E-state index in [0.717, 1.165) is 19.3 Å². The first-order valence-electron chi connectivity index (χ1n) is 13.7. The van der Waals surface area contributed by atoms with Crippen molar-refractivity contribution in [3.05, 3.63) is 93.2 Å². The van der Waals surface area contributed by atoms with Crippen LogP contribution in [0.25, 0.3) is 0 Å². The summed E-state index contributed by atoms with van der Waals surface area (Å²) in [6, 6.07) is 15.7. The molecule has 10 heteroatoms. The van der Waals surface area contributed by atoms with E-state index < -0.39 is 35.2 Å². The van der Waals surface area contributed by atoms with Crippen molar-refractivity contribution < 1.29 is 23.9 Å². The molecule has 7 rings (SSSR count). The van der Waals surface area contributed by atoms with Crippen LogP contribution in [-0.2, 0) is 15.1 Å². The number of carbonyl (C=O) groups excluding carboxylic acids is 2. The first kappa shape index (κ1) is 26.4. The lowest BCUT2D eigenvalue weighted by molar-refractivity contribution is -0.128. The van der Waals surface area contributed by atoms with Crippen LogP contribution in [0.3, 0.4) is 0 Å². The molecule has 0 bridgehead atoms. The summed E-state index contributed by atoms with van der Waals surface area (Å²) in [7, 11) is 0. The molecule has 1 spiro atoms. The number of nitrogens with one attached hydrogen (secondary N) is 1. The number of aromatic carboxylic acids is 1. The minimum Gasteiger partial charge on any atom is -0.478 e. The summed E-state index contributed by atoms with van der Waals surface area (Å²) < 4.78 is 16.0. The van der Waals surface area contributed by atoms with Gasteiger partial charge < -0.3 is 15.3 Å². The van der Waals surface area contributed by atoms with E-state index in [9.17, 15) is 19.5 Å². The lowest BCUT2D eigenvalue weighted by atomic mass is 9.71. The largest absolute Gasteiger partial charge is 0.478 e. The Hall–Kier alpha value is -3.46. The van der Waals surface area contributed by atoms with E-state index in [-0.39, 0.29) is 34.5 Å². The maximum absolute atomic E-state index is 16.0. The van der Waals surface area contributed by atoms with Gasteiger partial charge in [-0.05, 0) is 66.8 Å². The molecule has 4 aliphatic rings. The molecule has 3 aromatic rings. The first-order chi connectivity index (χ1) is 19.7. The molecule has 1 aliphatic carbocycles. The molecular weight excluding hydrogens is 568 g/mol. The third kappa shape index (κ3) is 3.77. The molecule has 7 nitrogen and oxygen atoms in total. The number of rotatable bonds is 5. The molecule has 3 aliphatic heterocycles. The Morgan fingerprint density at radius 2 is 1.83 bits per heavy atom. The van der Waals surface area contributed by atoms with E-state index in [4.69, 9.17) is 23.2 Å².